The number of carbonyl (C=O) groups is 2. The van der Waals surface area contributed by atoms with Crippen LogP contribution in [-0.2, 0) is 28.4 Å². The summed E-state index contributed by atoms with van der Waals surface area (Å²) < 4.78 is 48.0. The van der Waals surface area contributed by atoms with Gasteiger partial charge in [-0.05, 0) is 56.2 Å². The highest BCUT2D eigenvalue weighted by atomic mass is 32.2. The van der Waals surface area contributed by atoms with Gasteiger partial charge in [0.15, 0.2) is 5.78 Å². The molecule has 0 aliphatic rings. The zero-order valence-corrected chi connectivity index (χ0v) is 20.4. The van der Waals surface area contributed by atoms with E-state index in [0.717, 1.165) is 4.31 Å². The third kappa shape index (κ3) is 5.10. The number of rotatable bonds is 9. The van der Waals surface area contributed by atoms with E-state index in [2.05, 4.69) is 0 Å². The van der Waals surface area contributed by atoms with Crippen molar-refractivity contribution in [2.45, 2.75) is 32.2 Å². The van der Waals surface area contributed by atoms with Gasteiger partial charge in [0.1, 0.15) is 11.5 Å². The first-order valence-electron chi connectivity index (χ1n) is 10.7. The van der Waals surface area contributed by atoms with Crippen LogP contribution in [0.2, 0.25) is 0 Å². The van der Waals surface area contributed by atoms with Gasteiger partial charge in [0.2, 0.25) is 10.0 Å². The van der Waals surface area contributed by atoms with Crippen LogP contribution in [0.15, 0.2) is 59.5 Å². The summed E-state index contributed by atoms with van der Waals surface area (Å²) in [5.41, 5.74) is 2.02. The number of nitrogens with zero attached hydrogens (tertiary/aromatic N) is 2. The van der Waals surface area contributed by atoms with Gasteiger partial charge in [-0.1, -0.05) is 30.3 Å². The zero-order valence-electron chi connectivity index (χ0n) is 19.5. The molecule has 0 unspecified atom stereocenters. The number of sulfonamides is 1. The summed E-state index contributed by atoms with van der Waals surface area (Å²) in [4.78, 5) is 25.9. The minimum absolute atomic E-state index is 0.0404. The van der Waals surface area contributed by atoms with Crippen molar-refractivity contribution in [3.8, 4) is 0 Å². The van der Waals surface area contributed by atoms with Crippen molar-refractivity contribution in [1.29, 1.82) is 0 Å². The molecule has 0 aliphatic carbocycles. The van der Waals surface area contributed by atoms with Gasteiger partial charge in [-0.15, -0.1) is 0 Å². The van der Waals surface area contributed by atoms with Crippen LogP contribution in [0, 0.1) is 19.7 Å². The van der Waals surface area contributed by atoms with Crippen LogP contribution in [0.5, 0.6) is 0 Å². The van der Waals surface area contributed by atoms with Gasteiger partial charge in [-0.25, -0.2) is 17.6 Å². The Morgan fingerprint density at radius 3 is 2.24 bits per heavy atom. The lowest BCUT2D eigenvalue weighted by Crippen LogP contribution is -2.35. The second-order valence-electron chi connectivity index (χ2n) is 7.85. The molecule has 9 heteroatoms. The quantitative estimate of drug-likeness (QED) is 0.337. The Labute approximate surface area is 198 Å². The van der Waals surface area contributed by atoms with E-state index < -0.39 is 34.1 Å². The number of esters is 1. The molecule has 2 aromatic carbocycles. The van der Waals surface area contributed by atoms with E-state index in [0.29, 0.717) is 16.8 Å². The highest BCUT2D eigenvalue weighted by molar-refractivity contribution is 7.89. The number of aromatic nitrogens is 1. The summed E-state index contributed by atoms with van der Waals surface area (Å²) in [7, 11) is -2.39. The van der Waals surface area contributed by atoms with Gasteiger partial charge in [0.25, 0.3) is 0 Å². The van der Waals surface area contributed by atoms with Gasteiger partial charge in [-0.2, -0.15) is 4.31 Å². The molecule has 7 nitrogen and oxygen atoms in total. The topological polar surface area (TPSA) is 85.7 Å². The van der Waals surface area contributed by atoms with E-state index in [1.807, 2.05) is 0 Å². The molecule has 0 fully saturated rings. The van der Waals surface area contributed by atoms with Gasteiger partial charge in [0.05, 0.1) is 18.0 Å². The third-order valence-electron chi connectivity index (χ3n) is 5.65. The number of carbonyl (C=O) groups excluding carboxylic acids is 2. The second-order valence-corrected chi connectivity index (χ2v) is 9.79. The molecule has 0 bridgehead atoms. The number of hydrogen-bond acceptors (Lipinski definition) is 5. The molecule has 0 radical (unpaired) electrons. The van der Waals surface area contributed by atoms with E-state index in [4.69, 9.17) is 4.74 Å². The molecule has 0 N–H and O–H groups in total. The van der Waals surface area contributed by atoms with Crippen LogP contribution < -0.4 is 0 Å². The van der Waals surface area contributed by atoms with Crippen molar-refractivity contribution in [3.63, 3.8) is 0 Å². The predicted molar refractivity (Wildman–Crippen MR) is 126 cm³/mol. The van der Waals surface area contributed by atoms with Gasteiger partial charge >= 0.3 is 5.97 Å². The molecule has 0 atom stereocenters. The van der Waals surface area contributed by atoms with Crippen LogP contribution in [0.25, 0.3) is 0 Å². The summed E-state index contributed by atoms with van der Waals surface area (Å²) in [6, 6.07) is 13.2. The van der Waals surface area contributed by atoms with Crippen molar-refractivity contribution in [3.05, 3.63) is 88.5 Å². The second kappa shape index (κ2) is 10.3. The summed E-state index contributed by atoms with van der Waals surface area (Å²) in [5, 5.41) is 0. The average Bonchev–Trinajstić information content (AvgIpc) is 3.03. The molecule has 1 aromatic heterocycles. The Kier molecular flexibility index (Phi) is 7.68. The Morgan fingerprint density at radius 2 is 1.65 bits per heavy atom. The van der Waals surface area contributed by atoms with Crippen LogP contribution in [-0.4, -0.2) is 42.2 Å². The minimum atomic E-state index is -4.05. The van der Waals surface area contributed by atoms with Gasteiger partial charge in [0, 0.05) is 24.8 Å². The fourth-order valence-corrected chi connectivity index (χ4v) is 5.28. The molecule has 0 spiro atoms. The molecule has 180 valence electrons. The molecule has 0 saturated carbocycles. The van der Waals surface area contributed by atoms with E-state index >= 15 is 0 Å². The number of Topliss-reactive ketones (excluding diaryl/α,β-unsaturated/α-hetero) is 1. The smallest absolute Gasteiger partial charge is 0.355 e. The Balaban J connectivity index is 2.01. The third-order valence-corrected chi connectivity index (χ3v) is 7.46. The molecule has 0 amide bonds. The number of halogens is 1. The normalized spacial score (nSPS) is 11.6. The highest BCUT2D eigenvalue weighted by Gasteiger charge is 2.31. The summed E-state index contributed by atoms with van der Waals surface area (Å²) in [6.45, 7) is 4.63. The monoisotopic (exact) mass is 486 g/mol. The highest BCUT2D eigenvalue weighted by Crippen LogP contribution is 2.25. The summed E-state index contributed by atoms with van der Waals surface area (Å²) >= 11 is 0. The maximum atomic E-state index is 13.4. The summed E-state index contributed by atoms with van der Waals surface area (Å²) in [5.74, 6) is -1.45. The maximum absolute atomic E-state index is 13.4. The van der Waals surface area contributed by atoms with E-state index in [-0.39, 0.29) is 29.3 Å². The van der Waals surface area contributed by atoms with Gasteiger partial charge in [-0.3, -0.25) is 4.79 Å². The van der Waals surface area contributed by atoms with Gasteiger partial charge < -0.3 is 9.30 Å². The first kappa shape index (κ1) is 25.3. The molecule has 0 aliphatic heterocycles. The summed E-state index contributed by atoms with van der Waals surface area (Å²) in [6.07, 6.45) is 0. The van der Waals surface area contributed by atoms with Crippen molar-refractivity contribution < 1.29 is 27.1 Å². The van der Waals surface area contributed by atoms with Crippen molar-refractivity contribution >= 4 is 21.8 Å². The lowest BCUT2D eigenvalue weighted by atomic mass is 10.1. The fourth-order valence-electron chi connectivity index (χ4n) is 3.88. The van der Waals surface area contributed by atoms with E-state index in [1.165, 1.54) is 36.4 Å². The molecular weight excluding hydrogens is 459 g/mol. The van der Waals surface area contributed by atoms with Crippen LogP contribution in [0.3, 0.4) is 0 Å². The van der Waals surface area contributed by atoms with E-state index in [9.17, 15) is 22.4 Å². The van der Waals surface area contributed by atoms with Crippen molar-refractivity contribution in [2.24, 2.45) is 7.05 Å². The molecule has 34 heavy (non-hydrogen) atoms. The largest absolute Gasteiger partial charge is 0.461 e. The van der Waals surface area contributed by atoms with Crippen molar-refractivity contribution in [2.75, 3.05) is 13.2 Å². The average molecular weight is 487 g/mol. The molecule has 3 rings (SSSR count). The van der Waals surface area contributed by atoms with E-state index in [1.54, 1.807) is 50.6 Å². The standard InChI is InChI=1S/C25H27FN2O5S/c1-5-33-25(30)24-17(2)23(18(3)27(24)4)22(29)16-28(15-19-11-13-20(26)14-12-19)34(31,32)21-9-7-6-8-10-21/h6-14H,5,15-16H2,1-4H3. The SMILES string of the molecule is CCOC(=O)c1c(C)c(C(=O)CN(Cc2ccc(F)cc2)S(=O)(=O)c2ccccc2)c(C)n1C. The first-order valence-corrected chi connectivity index (χ1v) is 12.2. The number of ketones is 1. The van der Waals surface area contributed by atoms with Crippen LogP contribution in [0.1, 0.15) is 44.6 Å². The fraction of sp³-hybridized carbons (Fsp3) is 0.280. The lowest BCUT2D eigenvalue weighted by Gasteiger charge is -2.22. The lowest BCUT2D eigenvalue weighted by molar-refractivity contribution is 0.0514. The van der Waals surface area contributed by atoms with Crippen LogP contribution in [0.4, 0.5) is 4.39 Å². The molecular formula is C25H27FN2O5S. The molecule has 0 saturated heterocycles. The number of hydrogen-bond donors (Lipinski definition) is 0. The Morgan fingerprint density at radius 1 is 1.03 bits per heavy atom. The Hall–Kier alpha value is -3.30. The predicted octanol–water partition coefficient (Wildman–Crippen LogP) is 4.03. The number of ether oxygens (including phenoxy) is 1. The van der Waals surface area contributed by atoms with Crippen LogP contribution >= 0.6 is 0 Å². The molecule has 1 heterocycles. The van der Waals surface area contributed by atoms with Crippen molar-refractivity contribution in [1.82, 2.24) is 8.87 Å². The minimum Gasteiger partial charge on any atom is -0.461 e. The zero-order chi connectivity index (χ0) is 25.0. The maximum Gasteiger partial charge on any atom is 0.355 e. The first-order chi connectivity index (χ1) is 16.1. The number of benzene rings is 2. The molecule has 3 aromatic rings. The Bertz CT molecular complexity index is 1300.